The van der Waals surface area contributed by atoms with Crippen LogP contribution in [0.4, 0.5) is 17.6 Å². The fraction of sp³-hybridized carbons (Fsp3) is 0.111. The van der Waals surface area contributed by atoms with E-state index in [1.807, 2.05) is 21.2 Å². The molecule has 0 atom stereocenters. The number of halogens is 5. The highest BCUT2D eigenvalue weighted by molar-refractivity contribution is 14.2. The van der Waals surface area contributed by atoms with Crippen molar-refractivity contribution in [3.05, 3.63) is 35.8 Å². The number of benzene rings is 1. The van der Waals surface area contributed by atoms with Gasteiger partial charge in [0.05, 0.1) is 11.1 Å². The molecule has 0 fully saturated rings. The molecule has 2 aromatic rings. The van der Waals surface area contributed by atoms with Crippen LogP contribution in [-0.2, 0) is 6.18 Å². The molecule has 0 aliphatic heterocycles. The van der Waals surface area contributed by atoms with Crippen LogP contribution in [0.2, 0.25) is 0 Å². The summed E-state index contributed by atoms with van der Waals surface area (Å²) in [4.78, 5) is 0. The second-order valence-corrected chi connectivity index (χ2v) is 4.81. The van der Waals surface area contributed by atoms with Gasteiger partial charge in [0.1, 0.15) is 5.82 Å². The third-order valence-electron chi connectivity index (χ3n) is 2.12. The third-order valence-corrected chi connectivity index (χ3v) is 3.86. The molecule has 0 aliphatic rings. The van der Waals surface area contributed by atoms with E-state index >= 15 is 0 Å². The fourth-order valence-electron chi connectivity index (χ4n) is 1.41. The average Bonchev–Trinajstić information content (AvgIpc) is 2.57. The van der Waals surface area contributed by atoms with Crippen molar-refractivity contribution in [3.8, 4) is 0 Å². The minimum atomic E-state index is -4.65. The largest absolute Gasteiger partial charge is 0.419 e. The Hall–Kier alpha value is -0.440. The van der Waals surface area contributed by atoms with Crippen molar-refractivity contribution in [2.45, 2.75) is 6.18 Å². The molecule has 1 aromatic carbocycles. The first-order valence-electron chi connectivity index (χ1n) is 4.10. The summed E-state index contributed by atoms with van der Waals surface area (Å²) in [5, 5.41) is 0.373. The maximum Gasteiger partial charge on any atom is 0.419 e. The molecule has 0 N–H and O–H groups in total. The van der Waals surface area contributed by atoms with Crippen LogP contribution < -0.4 is 0 Å². The van der Waals surface area contributed by atoms with Gasteiger partial charge in [0.2, 0.25) is 0 Å². The predicted octanol–water partition coefficient (Wildman–Crippen LogP) is 4.65. The number of alkyl halides is 3. The van der Waals surface area contributed by atoms with Crippen LogP contribution in [0.5, 0.6) is 0 Å². The Labute approximate surface area is 105 Å². The molecule has 1 heterocycles. The number of aromatic nitrogens is 1. The first-order valence-corrected chi connectivity index (χ1v) is 7.42. The molecule has 0 aliphatic carbocycles. The molecule has 1 aromatic heterocycles. The molecule has 1 nitrogen and oxygen atoms in total. The Morgan fingerprint density at radius 2 is 1.94 bits per heavy atom. The van der Waals surface area contributed by atoms with Crippen molar-refractivity contribution >= 4 is 41.2 Å². The van der Waals surface area contributed by atoms with Gasteiger partial charge in [-0.25, -0.2) is 4.39 Å². The van der Waals surface area contributed by atoms with Gasteiger partial charge in [-0.05, 0) is 18.2 Å². The lowest BCUT2D eigenvalue weighted by Crippen LogP contribution is -2.07. The van der Waals surface area contributed by atoms with Crippen LogP contribution in [0.3, 0.4) is 0 Å². The Morgan fingerprint density at radius 3 is 2.50 bits per heavy atom. The minimum absolute atomic E-state index is 0.373. The van der Waals surface area contributed by atoms with Crippen molar-refractivity contribution in [3.63, 3.8) is 0 Å². The molecule has 0 unspecified atom stereocenters. The normalized spacial score (nSPS) is 12.3. The summed E-state index contributed by atoms with van der Waals surface area (Å²) in [5.41, 5.74) is -0.791. The van der Waals surface area contributed by atoms with Gasteiger partial charge >= 0.3 is 6.18 Å². The summed E-state index contributed by atoms with van der Waals surface area (Å²) < 4.78 is 52.1. The first-order chi connectivity index (χ1) is 7.43. The molecule has 7 heteroatoms. The zero-order valence-corrected chi connectivity index (χ0v) is 10.5. The predicted molar refractivity (Wildman–Crippen MR) is 63.9 cm³/mol. The van der Waals surface area contributed by atoms with Crippen LogP contribution in [0.15, 0.2) is 24.4 Å². The van der Waals surface area contributed by atoms with Crippen molar-refractivity contribution in [1.29, 1.82) is 0 Å². The van der Waals surface area contributed by atoms with Crippen LogP contribution >= 0.6 is 30.3 Å². The summed E-state index contributed by atoms with van der Waals surface area (Å²) >= 11 is 1.97. The highest BCUT2D eigenvalue weighted by Crippen LogP contribution is 2.35. The second kappa shape index (κ2) is 4.10. The van der Waals surface area contributed by atoms with Gasteiger partial charge in [-0.1, -0.05) is 0 Å². The van der Waals surface area contributed by atoms with Crippen molar-refractivity contribution in [2.24, 2.45) is 0 Å². The highest BCUT2D eigenvalue weighted by Gasteiger charge is 2.34. The van der Waals surface area contributed by atoms with Crippen LogP contribution in [0, 0.1) is 5.82 Å². The van der Waals surface area contributed by atoms with E-state index in [9.17, 15) is 17.6 Å². The zero-order valence-electron chi connectivity index (χ0n) is 7.55. The van der Waals surface area contributed by atoms with Gasteiger partial charge in [0.15, 0.2) is 0 Å². The molecule has 86 valence electrons. The summed E-state index contributed by atoms with van der Waals surface area (Å²) in [5.74, 6) is -1.24. The van der Waals surface area contributed by atoms with Crippen LogP contribution in [0.25, 0.3) is 10.9 Å². The van der Waals surface area contributed by atoms with Gasteiger partial charge in [-0.3, -0.25) is 3.97 Å². The summed E-state index contributed by atoms with van der Waals surface area (Å²) in [7, 11) is 1.27. The average molecular weight is 361 g/mol. The van der Waals surface area contributed by atoms with Gasteiger partial charge in [-0.2, -0.15) is 13.2 Å². The van der Waals surface area contributed by atoms with E-state index in [1.54, 1.807) is 10.2 Å². The fourth-order valence-corrected chi connectivity index (χ4v) is 2.78. The standard InChI is InChI=1S/C9H4F4INS/c10-7-4-8-5(1-2-15(8)16-14)3-6(7)9(11,12)13/h1-4H. The van der Waals surface area contributed by atoms with Gasteiger partial charge in [0, 0.05) is 41.9 Å². The SMILES string of the molecule is Fc1cc2c(ccn2SI)cc1C(F)(F)F. The second-order valence-electron chi connectivity index (χ2n) is 3.10. The molecular weight excluding hydrogens is 357 g/mol. The van der Waals surface area contributed by atoms with E-state index in [-0.39, 0.29) is 0 Å². The highest BCUT2D eigenvalue weighted by atomic mass is 127. The number of rotatable bonds is 1. The molecular formula is C9H4F4INS. The van der Waals surface area contributed by atoms with E-state index in [0.717, 1.165) is 12.1 Å². The summed E-state index contributed by atoms with van der Waals surface area (Å²) in [6, 6.07) is 3.26. The van der Waals surface area contributed by atoms with E-state index in [0.29, 0.717) is 10.9 Å². The van der Waals surface area contributed by atoms with E-state index in [1.165, 1.54) is 15.2 Å². The lowest BCUT2D eigenvalue weighted by Gasteiger charge is -2.08. The number of hydrogen-bond donors (Lipinski definition) is 0. The minimum Gasteiger partial charge on any atom is -0.282 e. The molecule has 0 spiro atoms. The summed E-state index contributed by atoms with van der Waals surface area (Å²) in [6.07, 6.45) is -3.06. The van der Waals surface area contributed by atoms with Gasteiger partial charge in [-0.15, -0.1) is 0 Å². The van der Waals surface area contributed by atoms with Crippen molar-refractivity contribution < 1.29 is 17.6 Å². The van der Waals surface area contributed by atoms with Gasteiger partial charge < -0.3 is 0 Å². The lowest BCUT2D eigenvalue weighted by molar-refractivity contribution is -0.139. The number of nitrogens with zero attached hydrogens (tertiary/aromatic N) is 1. The zero-order chi connectivity index (χ0) is 11.9. The monoisotopic (exact) mass is 361 g/mol. The lowest BCUT2D eigenvalue weighted by atomic mass is 10.1. The Balaban J connectivity index is 2.69. The van der Waals surface area contributed by atoms with Crippen molar-refractivity contribution in [1.82, 2.24) is 3.97 Å². The molecule has 0 radical (unpaired) electrons. The van der Waals surface area contributed by atoms with E-state index in [2.05, 4.69) is 0 Å². The number of fused-ring (bicyclic) bond motifs is 1. The van der Waals surface area contributed by atoms with E-state index in [4.69, 9.17) is 0 Å². The van der Waals surface area contributed by atoms with E-state index < -0.39 is 17.6 Å². The summed E-state index contributed by atoms with van der Waals surface area (Å²) in [6.45, 7) is 0. The van der Waals surface area contributed by atoms with Crippen LogP contribution in [0.1, 0.15) is 5.56 Å². The smallest absolute Gasteiger partial charge is 0.282 e. The number of hydrogen-bond acceptors (Lipinski definition) is 1. The molecule has 2 rings (SSSR count). The Morgan fingerprint density at radius 1 is 1.25 bits per heavy atom. The first kappa shape index (κ1) is 12.0. The maximum absolute atomic E-state index is 13.3. The molecule has 0 bridgehead atoms. The Kier molecular flexibility index (Phi) is 3.08. The maximum atomic E-state index is 13.3. The Bertz CT molecular complexity index is 534. The van der Waals surface area contributed by atoms with Crippen molar-refractivity contribution in [2.75, 3.05) is 0 Å². The third kappa shape index (κ3) is 2.02. The molecule has 16 heavy (non-hydrogen) atoms. The van der Waals surface area contributed by atoms with Gasteiger partial charge in [0.25, 0.3) is 0 Å². The molecule has 0 saturated heterocycles. The van der Waals surface area contributed by atoms with Crippen LogP contribution in [-0.4, -0.2) is 3.97 Å². The quantitative estimate of drug-likeness (QED) is 0.529. The topological polar surface area (TPSA) is 4.93 Å². The molecule has 0 saturated carbocycles. The molecule has 0 amide bonds.